The third-order valence-corrected chi connectivity index (χ3v) is 4.43. The molecule has 0 amide bonds. The van der Waals surface area contributed by atoms with Gasteiger partial charge in [0.05, 0.1) is 24.5 Å². The molecule has 0 atom stereocenters. The second-order valence-electron chi connectivity index (χ2n) is 5.70. The summed E-state index contributed by atoms with van der Waals surface area (Å²) in [5.41, 5.74) is 1.90. The minimum atomic E-state index is -0.127. The number of anilines is 1. The highest BCUT2D eigenvalue weighted by Crippen LogP contribution is 2.38. The minimum Gasteiger partial charge on any atom is -0.481 e. The largest absolute Gasteiger partial charge is 0.481 e. The first kappa shape index (κ1) is 15.7. The van der Waals surface area contributed by atoms with E-state index in [0.717, 1.165) is 18.5 Å². The molecule has 0 bridgehead atoms. The van der Waals surface area contributed by atoms with Crippen molar-refractivity contribution in [3.63, 3.8) is 0 Å². The molecular formula is C17H20N4OS. The minimum absolute atomic E-state index is 0.127. The molecule has 120 valence electrons. The van der Waals surface area contributed by atoms with Crippen LogP contribution in [-0.4, -0.2) is 22.2 Å². The Morgan fingerprint density at radius 1 is 1.22 bits per heavy atom. The molecule has 2 N–H and O–H groups in total. The molecule has 2 aromatic heterocycles. The summed E-state index contributed by atoms with van der Waals surface area (Å²) in [6.45, 7) is 0. The molecule has 2 aromatic rings. The molecule has 0 spiro atoms. The van der Waals surface area contributed by atoms with Crippen LogP contribution in [0.1, 0.15) is 31.2 Å². The maximum absolute atomic E-state index is 5.50. The van der Waals surface area contributed by atoms with Crippen LogP contribution < -0.4 is 15.4 Å². The van der Waals surface area contributed by atoms with Gasteiger partial charge in [0.25, 0.3) is 0 Å². The first-order chi connectivity index (χ1) is 11.2. The Bertz CT molecular complexity index is 654. The molecule has 1 aliphatic rings. The molecule has 2 heterocycles. The lowest BCUT2D eigenvalue weighted by Gasteiger charge is -2.32. The van der Waals surface area contributed by atoms with Gasteiger partial charge in [0, 0.05) is 18.5 Å². The van der Waals surface area contributed by atoms with Crippen molar-refractivity contribution in [2.75, 3.05) is 12.4 Å². The van der Waals surface area contributed by atoms with Crippen LogP contribution in [0.2, 0.25) is 0 Å². The quantitative estimate of drug-likeness (QED) is 0.840. The van der Waals surface area contributed by atoms with Crippen LogP contribution in [0.15, 0.2) is 42.9 Å². The molecule has 5 nitrogen and oxygen atoms in total. The molecular weight excluding hydrogens is 308 g/mol. The summed E-state index contributed by atoms with van der Waals surface area (Å²) in [7, 11) is 1.60. The van der Waals surface area contributed by atoms with Crippen molar-refractivity contribution in [3.05, 3.63) is 48.4 Å². The average molecular weight is 328 g/mol. The zero-order chi connectivity index (χ0) is 16.1. The fourth-order valence-corrected chi connectivity index (χ4v) is 3.38. The predicted octanol–water partition coefficient (Wildman–Crippen LogP) is 3.24. The molecule has 1 aliphatic carbocycles. The SMILES string of the molecule is COc1ccc(NC(=S)NC2(c3cccnc3)CCCC2)cn1. The number of rotatable bonds is 4. The van der Waals surface area contributed by atoms with Crippen LogP contribution >= 0.6 is 12.2 Å². The fourth-order valence-electron chi connectivity index (χ4n) is 3.06. The van der Waals surface area contributed by atoms with Crippen molar-refractivity contribution in [1.82, 2.24) is 15.3 Å². The first-order valence-corrected chi connectivity index (χ1v) is 8.12. The lowest BCUT2D eigenvalue weighted by atomic mass is 9.89. The third kappa shape index (κ3) is 3.59. The van der Waals surface area contributed by atoms with E-state index in [9.17, 15) is 0 Å². The number of pyridine rings is 2. The van der Waals surface area contributed by atoms with Gasteiger partial charge in [-0.05, 0) is 42.8 Å². The highest BCUT2D eigenvalue weighted by atomic mass is 32.1. The lowest BCUT2D eigenvalue weighted by molar-refractivity contribution is 0.398. The van der Waals surface area contributed by atoms with Gasteiger partial charge in [-0.25, -0.2) is 4.98 Å². The Kier molecular flexibility index (Phi) is 4.71. The number of hydrogen-bond acceptors (Lipinski definition) is 4. The summed E-state index contributed by atoms with van der Waals surface area (Å²) in [4.78, 5) is 8.43. The summed E-state index contributed by atoms with van der Waals surface area (Å²) >= 11 is 5.50. The van der Waals surface area contributed by atoms with Crippen molar-refractivity contribution < 1.29 is 4.74 Å². The van der Waals surface area contributed by atoms with Crippen molar-refractivity contribution >= 4 is 23.0 Å². The summed E-state index contributed by atoms with van der Waals surface area (Å²) in [5, 5.41) is 7.30. The van der Waals surface area contributed by atoms with E-state index in [1.807, 2.05) is 18.3 Å². The van der Waals surface area contributed by atoms with E-state index in [1.54, 1.807) is 25.6 Å². The van der Waals surface area contributed by atoms with E-state index in [2.05, 4.69) is 26.7 Å². The number of aromatic nitrogens is 2. The van der Waals surface area contributed by atoms with Gasteiger partial charge in [-0.15, -0.1) is 0 Å². The van der Waals surface area contributed by atoms with Gasteiger partial charge >= 0.3 is 0 Å². The maximum atomic E-state index is 5.50. The number of nitrogens with one attached hydrogen (secondary N) is 2. The molecule has 1 saturated carbocycles. The molecule has 1 fully saturated rings. The van der Waals surface area contributed by atoms with Gasteiger partial charge < -0.3 is 15.4 Å². The van der Waals surface area contributed by atoms with Crippen LogP contribution in [-0.2, 0) is 5.54 Å². The molecule has 23 heavy (non-hydrogen) atoms. The molecule has 0 radical (unpaired) electrons. The van der Waals surface area contributed by atoms with E-state index >= 15 is 0 Å². The molecule has 0 aromatic carbocycles. The van der Waals surface area contributed by atoms with Crippen LogP contribution in [0.5, 0.6) is 5.88 Å². The zero-order valence-corrected chi connectivity index (χ0v) is 13.9. The Morgan fingerprint density at radius 3 is 2.65 bits per heavy atom. The van der Waals surface area contributed by atoms with Crippen LogP contribution in [0.25, 0.3) is 0 Å². The lowest BCUT2D eigenvalue weighted by Crippen LogP contribution is -2.45. The van der Waals surface area contributed by atoms with Crippen LogP contribution in [0.3, 0.4) is 0 Å². The molecule has 0 unspecified atom stereocenters. The molecule has 3 rings (SSSR count). The predicted molar refractivity (Wildman–Crippen MR) is 94.5 cm³/mol. The van der Waals surface area contributed by atoms with Crippen molar-refractivity contribution in [3.8, 4) is 5.88 Å². The van der Waals surface area contributed by atoms with Gasteiger partial charge in [-0.1, -0.05) is 18.9 Å². The van der Waals surface area contributed by atoms with Gasteiger partial charge in [-0.3, -0.25) is 4.98 Å². The second-order valence-corrected chi connectivity index (χ2v) is 6.11. The van der Waals surface area contributed by atoms with E-state index in [1.165, 1.54) is 18.4 Å². The van der Waals surface area contributed by atoms with Crippen LogP contribution in [0, 0.1) is 0 Å². The summed E-state index contributed by atoms with van der Waals surface area (Å²) in [6.07, 6.45) is 9.92. The van der Waals surface area contributed by atoms with Crippen LogP contribution in [0.4, 0.5) is 5.69 Å². The topological polar surface area (TPSA) is 59.1 Å². The Hall–Kier alpha value is -2.21. The smallest absolute Gasteiger partial charge is 0.213 e. The van der Waals surface area contributed by atoms with E-state index in [0.29, 0.717) is 11.0 Å². The first-order valence-electron chi connectivity index (χ1n) is 7.72. The molecule has 6 heteroatoms. The number of ether oxygens (including phenoxy) is 1. The zero-order valence-electron chi connectivity index (χ0n) is 13.1. The van der Waals surface area contributed by atoms with E-state index in [-0.39, 0.29) is 5.54 Å². The van der Waals surface area contributed by atoms with Gasteiger partial charge in [0.15, 0.2) is 5.11 Å². The van der Waals surface area contributed by atoms with Gasteiger partial charge in [-0.2, -0.15) is 0 Å². The van der Waals surface area contributed by atoms with E-state index < -0.39 is 0 Å². The standard InChI is InChI=1S/C17H20N4OS/c1-22-15-7-6-14(12-19-15)20-16(23)21-17(8-2-3-9-17)13-5-4-10-18-11-13/h4-7,10-12H,2-3,8-9H2,1H3,(H2,20,21,23). The molecule has 0 saturated heterocycles. The highest BCUT2D eigenvalue weighted by Gasteiger charge is 2.36. The molecule has 0 aliphatic heterocycles. The summed E-state index contributed by atoms with van der Waals surface area (Å²) < 4.78 is 5.06. The maximum Gasteiger partial charge on any atom is 0.213 e. The third-order valence-electron chi connectivity index (χ3n) is 4.23. The van der Waals surface area contributed by atoms with E-state index in [4.69, 9.17) is 17.0 Å². The highest BCUT2D eigenvalue weighted by molar-refractivity contribution is 7.80. The Labute approximate surface area is 141 Å². The van der Waals surface area contributed by atoms with Crippen molar-refractivity contribution in [1.29, 1.82) is 0 Å². The number of hydrogen-bond donors (Lipinski definition) is 2. The van der Waals surface area contributed by atoms with Crippen molar-refractivity contribution in [2.45, 2.75) is 31.2 Å². The Balaban J connectivity index is 1.71. The fraction of sp³-hybridized carbons (Fsp3) is 0.353. The van der Waals surface area contributed by atoms with Gasteiger partial charge in [0.2, 0.25) is 5.88 Å². The number of nitrogens with zero attached hydrogens (tertiary/aromatic N) is 2. The monoisotopic (exact) mass is 328 g/mol. The number of thiocarbonyl (C=S) groups is 1. The van der Waals surface area contributed by atoms with Gasteiger partial charge in [0.1, 0.15) is 0 Å². The average Bonchev–Trinajstić information content (AvgIpc) is 3.06. The normalized spacial score (nSPS) is 15.9. The summed E-state index contributed by atoms with van der Waals surface area (Å²) in [5.74, 6) is 0.581. The Morgan fingerprint density at radius 2 is 2.04 bits per heavy atom. The van der Waals surface area contributed by atoms with Crippen molar-refractivity contribution in [2.24, 2.45) is 0 Å². The second kappa shape index (κ2) is 6.91. The number of methoxy groups -OCH3 is 1. The summed E-state index contributed by atoms with van der Waals surface area (Å²) in [6, 6.07) is 7.78.